The number of fused-ring (bicyclic) bond motifs is 1. The van der Waals surface area contributed by atoms with E-state index in [2.05, 4.69) is 10.4 Å². The molecule has 3 aromatic rings. The molecule has 30 heavy (non-hydrogen) atoms. The van der Waals surface area contributed by atoms with Gasteiger partial charge in [-0.2, -0.15) is 18.3 Å². The number of hydrogen-bond acceptors (Lipinski definition) is 5. The fraction of sp³-hybridized carbons (Fsp3) is 0.158. The Morgan fingerprint density at radius 3 is 2.50 bits per heavy atom. The van der Waals surface area contributed by atoms with Gasteiger partial charge in [-0.05, 0) is 24.3 Å². The van der Waals surface area contributed by atoms with E-state index in [4.69, 9.17) is 16.3 Å². The quantitative estimate of drug-likeness (QED) is 0.629. The normalized spacial score (nSPS) is 11.4. The molecule has 1 aromatic heterocycles. The zero-order valence-corrected chi connectivity index (χ0v) is 16.0. The van der Waals surface area contributed by atoms with Gasteiger partial charge in [-0.1, -0.05) is 29.8 Å². The van der Waals surface area contributed by atoms with Crippen molar-refractivity contribution < 1.29 is 27.5 Å². The zero-order chi connectivity index (χ0) is 22.1. The number of hydrogen-bond donors (Lipinski definition) is 1. The van der Waals surface area contributed by atoms with Gasteiger partial charge >= 0.3 is 12.1 Å². The average Bonchev–Trinajstić information content (AvgIpc) is 2.69. The highest BCUT2D eigenvalue weighted by Gasteiger charge is 2.31. The minimum absolute atomic E-state index is 0.117. The lowest BCUT2D eigenvalue weighted by Gasteiger charge is -2.12. The molecule has 3 rings (SSSR count). The van der Waals surface area contributed by atoms with E-state index < -0.39 is 35.8 Å². The molecule has 1 heterocycles. The largest absolute Gasteiger partial charge is 0.451 e. The predicted octanol–water partition coefficient (Wildman–Crippen LogP) is 3.40. The first-order chi connectivity index (χ1) is 14.1. The first-order valence-corrected chi connectivity index (χ1v) is 8.75. The molecule has 0 fully saturated rings. The molecule has 0 saturated heterocycles. The first kappa shape index (κ1) is 21.3. The van der Waals surface area contributed by atoms with Crippen molar-refractivity contribution in [3.05, 3.63) is 69.1 Å². The Morgan fingerprint density at radius 2 is 1.83 bits per heavy atom. The number of alkyl halides is 3. The van der Waals surface area contributed by atoms with Crippen molar-refractivity contribution in [3.8, 4) is 0 Å². The van der Waals surface area contributed by atoms with Gasteiger partial charge < -0.3 is 10.1 Å². The standard InChI is InChI=1S/C19H13ClF3N3O4/c1-26-17(28)12-5-3-2-4-11(12)16(25-26)18(29)30-9-15(27)24-14-8-10(19(21,22)23)6-7-13(14)20/h2-8H,9H2,1H3,(H,24,27). The highest BCUT2D eigenvalue weighted by molar-refractivity contribution is 6.33. The molecular weight excluding hydrogens is 427 g/mol. The molecule has 156 valence electrons. The van der Waals surface area contributed by atoms with Crippen molar-refractivity contribution in [2.24, 2.45) is 7.05 Å². The third kappa shape index (κ3) is 4.43. The Balaban J connectivity index is 1.75. The smallest absolute Gasteiger partial charge is 0.416 e. The summed E-state index contributed by atoms with van der Waals surface area (Å²) in [6.07, 6.45) is -4.62. The number of ether oxygens (including phenoxy) is 1. The highest BCUT2D eigenvalue weighted by Crippen LogP contribution is 2.33. The van der Waals surface area contributed by atoms with Gasteiger partial charge in [0, 0.05) is 12.4 Å². The second-order valence-corrected chi connectivity index (χ2v) is 6.55. The minimum atomic E-state index is -4.62. The molecule has 0 saturated carbocycles. The van der Waals surface area contributed by atoms with E-state index in [1.165, 1.54) is 19.2 Å². The Kier molecular flexibility index (Phi) is 5.79. The SMILES string of the molecule is Cn1nc(C(=O)OCC(=O)Nc2cc(C(F)(F)F)ccc2Cl)c2ccccc2c1=O. The Morgan fingerprint density at radius 1 is 1.17 bits per heavy atom. The van der Waals surface area contributed by atoms with Crippen LogP contribution in [0.1, 0.15) is 16.1 Å². The van der Waals surface area contributed by atoms with Gasteiger partial charge in [0.05, 0.1) is 21.7 Å². The topological polar surface area (TPSA) is 90.3 Å². The summed E-state index contributed by atoms with van der Waals surface area (Å²) in [7, 11) is 1.36. The van der Waals surface area contributed by atoms with Crippen LogP contribution < -0.4 is 10.9 Å². The molecule has 0 aliphatic rings. The van der Waals surface area contributed by atoms with Crippen LogP contribution in [-0.2, 0) is 22.8 Å². The summed E-state index contributed by atoms with van der Waals surface area (Å²) in [5.41, 5.74) is -1.88. The van der Waals surface area contributed by atoms with E-state index in [1.807, 2.05) is 0 Å². The van der Waals surface area contributed by atoms with Gasteiger partial charge in [0.25, 0.3) is 11.5 Å². The fourth-order valence-electron chi connectivity index (χ4n) is 2.63. The summed E-state index contributed by atoms with van der Waals surface area (Å²) in [5.74, 6) is -1.88. The van der Waals surface area contributed by atoms with Crippen molar-refractivity contribution in [1.29, 1.82) is 0 Å². The average molecular weight is 440 g/mol. The number of aryl methyl sites for hydroxylation is 1. The number of benzene rings is 2. The number of halogens is 4. The number of anilines is 1. The van der Waals surface area contributed by atoms with E-state index in [-0.39, 0.29) is 27.2 Å². The van der Waals surface area contributed by atoms with Crippen LogP contribution in [0.5, 0.6) is 0 Å². The number of nitrogens with one attached hydrogen (secondary N) is 1. The van der Waals surface area contributed by atoms with Crippen LogP contribution in [0.25, 0.3) is 10.8 Å². The number of rotatable bonds is 4. The van der Waals surface area contributed by atoms with Crippen molar-refractivity contribution in [2.45, 2.75) is 6.18 Å². The second-order valence-electron chi connectivity index (χ2n) is 6.14. The second kappa shape index (κ2) is 8.15. The van der Waals surface area contributed by atoms with E-state index in [9.17, 15) is 27.6 Å². The van der Waals surface area contributed by atoms with Gasteiger partial charge in [0.15, 0.2) is 12.3 Å². The minimum Gasteiger partial charge on any atom is -0.451 e. The van der Waals surface area contributed by atoms with Crippen LogP contribution >= 0.6 is 11.6 Å². The van der Waals surface area contributed by atoms with Crippen LogP contribution in [0.2, 0.25) is 5.02 Å². The van der Waals surface area contributed by atoms with Crippen molar-refractivity contribution >= 4 is 39.9 Å². The van der Waals surface area contributed by atoms with E-state index >= 15 is 0 Å². The summed E-state index contributed by atoms with van der Waals surface area (Å²) in [6.45, 7) is -0.801. The molecule has 2 aromatic carbocycles. The van der Waals surface area contributed by atoms with Gasteiger partial charge in [0.1, 0.15) is 0 Å². The summed E-state index contributed by atoms with van der Waals surface area (Å²) >= 11 is 5.81. The number of esters is 1. The maximum atomic E-state index is 12.8. The molecule has 0 aliphatic heterocycles. The number of carbonyl (C=O) groups is 2. The monoisotopic (exact) mass is 439 g/mol. The van der Waals surface area contributed by atoms with Gasteiger partial charge in [-0.25, -0.2) is 9.48 Å². The number of aromatic nitrogens is 2. The lowest BCUT2D eigenvalue weighted by Crippen LogP contribution is -2.26. The molecule has 0 aliphatic carbocycles. The lowest BCUT2D eigenvalue weighted by molar-refractivity contribution is -0.137. The fourth-order valence-corrected chi connectivity index (χ4v) is 2.80. The molecule has 11 heteroatoms. The summed E-state index contributed by atoms with van der Waals surface area (Å²) in [5, 5.41) is 6.39. The molecular formula is C19H13ClF3N3O4. The van der Waals surface area contributed by atoms with Gasteiger partial charge in [-0.15, -0.1) is 0 Å². The maximum absolute atomic E-state index is 12.8. The zero-order valence-electron chi connectivity index (χ0n) is 15.3. The summed E-state index contributed by atoms with van der Waals surface area (Å²) < 4.78 is 44.3. The van der Waals surface area contributed by atoms with Crippen LogP contribution in [0.4, 0.5) is 18.9 Å². The van der Waals surface area contributed by atoms with Crippen molar-refractivity contribution in [1.82, 2.24) is 9.78 Å². The van der Waals surface area contributed by atoms with E-state index in [0.29, 0.717) is 6.07 Å². The molecule has 7 nitrogen and oxygen atoms in total. The van der Waals surface area contributed by atoms with Crippen LogP contribution in [0.3, 0.4) is 0 Å². The van der Waals surface area contributed by atoms with E-state index in [0.717, 1.165) is 16.8 Å². The number of nitrogens with zero attached hydrogens (tertiary/aromatic N) is 2. The first-order valence-electron chi connectivity index (χ1n) is 8.37. The van der Waals surface area contributed by atoms with Gasteiger partial charge in [-0.3, -0.25) is 9.59 Å². The molecule has 0 bridgehead atoms. The van der Waals surface area contributed by atoms with E-state index in [1.54, 1.807) is 12.1 Å². The summed E-state index contributed by atoms with van der Waals surface area (Å²) in [6, 6.07) is 8.67. The molecule has 1 amide bonds. The molecule has 1 N–H and O–H groups in total. The Labute approximate surface area is 172 Å². The third-order valence-corrected chi connectivity index (χ3v) is 4.38. The number of amides is 1. The lowest BCUT2D eigenvalue weighted by atomic mass is 10.1. The number of carbonyl (C=O) groups excluding carboxylic acids is 2. The van der Waals surface area contributed by atoms with Crippen LogP contribution in [0, 0.1) is 0 Å². The highest BCUT2D eigenvalue weighted by atomic mass is 35.5. The molecule has 0 atom stereocenters. The maximum Gasteiger partial charge on any atom is 0.416 e. The third-order valence-electron chi connectivity index (χ3n) is 4.05. The summed E-state index contributed by atoms with van der Waals surface area (Å²) in [4.78, 5) is 36.5. The molecule has 0 radical (unpaired) electrons. The van der Waals surface area contributed by atoms with Crippen molar-refractivity contribution in [2.75, 3.05) is 11.9 Å². The van der Waals surface area contributed by atoms with Gasteiger partial charge in [0.2, 0.25) is 0 Å². The Bertz CT molecular complexity index is 1210. The van der Waals surface area contributed by atoms with Crippen LogP contribution in [0.15, 0.2) is 47.3 Å². The predicted molar refractivity (Wildman–Crippen MR) is 102 cm³/mol. The molecule has 0 spiro atoms. The van der Waals surface area contributed by atoms with Crippen LogP contribution in [-0.4, -0.2) is 28.3 Å². The molecule has 0 unspecified atom stereocenters. The van der Waals surface area contributed by atoms with Crippen molar-refractivity contribution in [3.63, 3.8) is 0 Å². The Hall–Kier alpha value is -3.40.